The van der Waals surface area contributed by atoms with Crippen LogP contribution in [-0.2, 0) is 25.7 Å². The largest absolute Gasteiger partial charge is 0.471 e. The number of hydrogen-bond donors (Lipinski definition) is 1. The summed E-state index contributed by atoms with van der Waals surface area (Å²) in [5, 5.41) is 3.21. The van der Waals surface area contributed by atoms with Gasteiger partial charge < -0.3 is 14.8 Å². The lowest BCUT2D eigenvalue weighted by Gasteiger charge is -2.10. The quantitative estimate of drug-likeness (QED) is 0.649. The number of benzene rings is 1. The van der Waals surface area contributed by atoms with Crippen LogP contribution in [-0.4, -0.2) is 32.6 Å². The van der Waals surface area contributed by atoms with Gasteiger partial charge in [-0.3, -0.25) is 9.59 Å². The van der Waals surface area contributed by atoms with E-state index in [4.69, 9.17) is 9.53 Å². The summed E-state index contributed by atoms with van der Waals surface area (Å²) >= 11 is 0. The molecule has 0 heterocycles. The summed E-state index contributed by atoms with van der Waals surface area (Å²) in [5.74, 6) is 0.864. The fourth-order valence-corrected chi connectivity index (χ4v) is 2.30. The van der Waals surface area contributed by atoms with E-state index < -0.39 is 0 Å². The molecule has 0 aliphatic heterocycles. The first-order valence-corrected chi connectivity index (χ1v) is 8.78. The van der Waals surface area contributed by atoms with Crippen LogP contribution in [0.3, 0.4) is 0 Å². The first-order chi connectivity index (χ1) is 11.9. The van der Waals surface area contributed by atoms with Crippen LogP contribution in [0, 0.1) is 11.8 Å². The molecular formula is C20H33NO4. The average molecular weight is 351 g/mol. The molecule has 0 saturated heterocycles. The van der Waals surface area contributed by atoms with Crippen LogP contribution in [0.25, 0.3) is 0 Å². The van der Waals surface area contributed by atoms with Gasteiger partial charge in [-0.2, -0.15) is 0 Å². The number of carbonyl (C=O) groups excluding carboxylic acids is 2. The van der Waals surface area contributed by atoms with Crippen molar-refractivity contribution in [2.24, 2.45) is 11.8 Å². The van der Waals surface area contributed by atoms with E-state index in [0.29, 0.717) is 19.1 Å². The molecule has 2 unspecified atom stereocenters. The zero-order valence-electron chi connectivity index (χ0n) is 16.2. The predicted molar refractivity (Wildman–Crippen MR) is 100 cm³/mol. The molecule has 0 radical (unpaired) electrons. The zero-order valence-corrected chi connectivity index (χ0v) is 16.2. The second-order valence-corrected chi connectivity index (χ2v) is 6.65. The highest BCUT2D eigenvalue weighted by atomic mass is 16.5. The lowest BCUT2D eigenvalue weighted by Crippen LogP contribution is -2.23. The zero-order chi connectivity index (χ0) is 19.1. The topological polar surface area (TPSA) is 64.6 Å². The van der Waals surface area contributed by atoms with Crippen LogP contribution in [0.15, 0.2) is 30.3 Å². The molecule has 0 aromatic heterocycles. The smallest absolute Gasteiger partial charge is 0.309 e. The van der Waals surface area contributed by atoms with Crippen molar-refractivity contribution in [1.29, 1.82) is 0 Å². The molecule has 0 amide bonds. The third-order valence-corrected chi connectivity index (χ3v) is 3.49. The lowest BCUT2D eigenvalue weighted by atomic mass is 10.1. The number of methoxy groups -OCH3 is 1. The molecule has 1 aromatic rings. The van der Waals surface area contributed by atoms with E-state index in [1.165, 1.54) is 7.11 Å². The number of carbonyl (C=O) groups is 2. The van der Waals surface area contributed by atoms with Crippen molar-refractivity contribution in [3.63, 3.8) is 0 Å². The van der Waals surface area contributed by atoms with Gasteiger partial charge in [-0.1, -0.05) is 51.1 Å². The van der Waals surface area contributed by atoms with Crippen molar-refractivity contribution in [1.82, 2.24) is 5.32 Å². The summed E-state index contributed by atoms with van der Waals surface area (Å²) in [6.45, 7) is 7.26. The number of esters is 1. The van der Waals surface area contributed by atoms with Crippen molar-refractivity contribution in [2.45, 2.75) is 52.7 Å². The second-order valence-electron chi connectivity index (χ2n) is 6.65. The molecular weight excluding hydrogens is 318 g/mol. The Balaban J connectivity index is 0.000000609. The van der Waals surface area contributed by atoms with Crippen molar-refractivity contribution in [2.75, 3.05) is 14.2 Å². The van der Waals surface area contributed by atoms with Crippen LogP contribution < -0.4 is 5.32 Å². The van der Waals surface area contributed by atoms with Gasteiger partial charge in [0, 0.05) is 6.04 Å². The SMILES string of the molecule is CC(C)C.CNC1CCC(C(=O)OCc2ccccc2)C1.COC=O. The number of hydrogen-bond acceptors (Lipinski definition) is 5. The van der Waals surface area contributed by atoms with Crippen LogP contribution in [0.4, 0.5) is 0 Å². The Morgan fingerprint density at radius 2 is 1.80 bits per heavy atom. The lowest BCUT2D eigenvalue weighted by molar-refractivity contribution is -0.149. The Hall–Kier alpha value is -1.88. The van der Waals surface area contributed by atoms with Gasteiger partial charge in [-0.15, -0.1) is 0 Å². The monoisotopic (exact) mass is 351 g/mol. The van der Waals surface area contributed by atoms with Gasteiger partial charge in [0.15, 0.2) is 0 Å². The van der Waals surface area contributed by atoms with Gasteiger partial charge in [-0.25, -0.2) is 0 Å². The van der Waals surface area contributed by atoms with E-state index in [-0.39, 0.29) is 11.9 Å². The molecule has 0 bridgehead atoms. The van der Waals surface area contributed by atoms with Gasteiger partial charge >= 0.3 is 5.97 Å². The number of ether oxygens (including phenoxy) is 2. The van der Waals surface area contributed by atoms with Crippen LogP contribution in [0.5, 0.6) is 0 Å². The molecule has 1 saturated carbocycles. The summed E-state index contributed by atoms with van der Waals surface area (Å²) in [5.41, 5.74) is 1.05. The Labute approximate surface area is 152 Å². The molecule has 1 fully saturated rings. The average Bonchev–Trinajstić information content (AvgIpc) is 3.09. The van der Waals surface area contributed by atoms with E-state index in [1.54, 1.807) is 0 Å². The molecule has 142 valence electrons. The van der Waals surface area contributed by atoms with Crippen LogP contribution in [0.2, 0.25) is 0 Å². The van der Waals surface area contributed by atoms with E-state index >= 15 is 0 Å². The highest BCUT2D eigenvalue weighted by molar-refractivity contribution is 5.72. The molecule has 2 atom stereocenters. The summed E-state index contributed by atoms with van der Waals surface area (Å²) < 4.78 is 9.20. The first kappa shape index (κ1) is 23.1. The summed E-state index contributed by atoms with van der Waals surface area (Å²) in [7, 11) is 3.26. The number of nitrogens with one attached hydrogen (secondary N) is 1. The van der Waals surface area contributed by atoms with Crippen molar-refractivity contribution >= 4 is 12.4 Å². The maximum absolute atomic E-state index is 11.8. The molecule has 1 aromatic carbocycles. The highest BCUT2D eigenvalue weighted by Crippen LogP contribution is 2.26. The van der Waals surface area contributed by atoms with Gasteiger partial charge in [0.1, 0.15) is 6.61 Å². The summed E-state index contributed by atoms with van der Waals surface area (Å²) in [6.07, 6.45) is 2.92. The molecule has 5 heteroatoms. The standard InChI is InChI=1S/C14H19NO2.C4H10.C2H4O2/c1-15-13-8-7-12(9-13)14(16)17-10-11-5-3-2-4-6-11;1-4(2)3;1-4-2-3/h2-6,12-13,15H,7-10H2,1H3;4H,1-3H3;2H,1H3. The van der Waals surface area contributed by atoms with E-state index in [0.717, 1.165) is 30.7 Å². The number of rotatable bonds is 5. The minimum atomic E-state index is -0.0494. The molecule has 25 heavy (non-hydrogen) atoms. The summed E-state index contributed by atoms with van der Waals surface area (Å²) in [4.78, 5) is 20.8. The third-order valence-electron chi connectivity index (χ3n) is 3.49. The third kappa shape index (κ3) is 12.2. The molecule has 1 N–H and O–H groups in total. The van der Waals surface area contributed by atoms with Crippen LogP contribution in [0.1, 0.15) is 45.6 Å². The molecule has 2 rings (SSSR count). The first-order valence-electron chi connectivity index (χ1n) is 8.78. The van der Waals surface area contributed by atoms with Crippen molar-refractivity contribution in [3.05, 3.63) is 35.9 Å². The van der Waals surface area contributed by atoms with Crippen molar-refractivity contribution < 1.29 is 19.1 Å². The molecule has 1 aliphatic rings. The Bertz CT molecular complexity index is 459. The molecule has 1 aliphatic carbocycles. The van der Waals surface area contributed by atoms with E-state index in [2.05, 4.69) is 30.8 Å². The highest BCUT2D eigenvalue weighted by Gasteiger charge is 2.29. The van der Waals surface area contributed by atoms with Gasteiger partial charge in [0.25, 0.3) is 6.47 Å². The van der Waals surface area contributed by atoms with Gasteiger partial charge in [0.2, 0.25) is 0 Å². The van der Waals surface area contributed by atoms with Crippen molar-refractivity contribution in [3.8, 4) is 0 Å². The minimum Gasteiger partial charge on any atom is -0.471 e. The Morgan fingerprint density at radius 3 is 2.24 bits per heavy atom. The Morgan fingerprint density at radius 1 is 1.24 bits per heavy atom. The molecule has 5 nitrogen and oxygen atoms in total. The van der Waals surface area contributed by atoms with E-state index in [1.807, 2.05) is 37.4 Å². The normalized spacial score (nSPS) is 18.3. The van der Waals surface area contributed by atoms with Gasteiger partial charge in [0.05, 0.1) is 13.0 Å². The minimum absolute atomic E-state index is 0.0494. The second kappa shape index (κ2) is 14.5. The fourth-order valence-electron chi connectivity index (χ4n) is 2.30. The maximum Gasteiger partial charge on any atom is 0.309 e. The molecule has 0 spiro atoms. The maximum atomic E-state index is 11.8. The van der Waals surface area contributed by atoms with E-state index in [9.17, 15) is 4.79 Å². The van der Waals surface area contributed by atoms with Crippen LogP contribution >= 0.6 is 0 Å². The Kier molecular flexibility index (Phi) is 13.4. The van der Waals surface area contributed by atoms with Gasteiger partial charge in [-0.05, 0) is 37.8 Å². The fraction of sp³-hybridized carbons (Fsp3) is 0.600. The predicted octanol–water partition coefficient (Wildman–Crippen LogP) is 3.57. The summed E-state index contributed by atoms with van der Waals surface area (Å²) in [6, 6.07) is 10.3.